The molecule has 0 aliphatic carbocycles. The number of likely N-dealkylation sites (N-methyl/N-ethyl adjacent to an activating group) is 1. The molecule has 94 valence electrons. The van der Waals surface area contributed by atoms with E-state index in [1.165, 1.54) is 0 Å². The molecule has 0 fully saturated rings. The maximum Gasteiger partial charge on any atom is 0.239 e. The third-order valence-electron chi connectivity index (χ3n) is 2.52. The van der Waals surface area contributed by atoms with Gasteiger partial charge in [0.15, 0.2) is 0 Å². The third kappa shape index (κ3) is 2.98. The molecule has 0 saturated heterocycles. The van der Waals surface area contributed by atoms with Crippen molar-refractivity contribution in [2.75, 3.05) is 18.4 Å². The number of anilines is 1. The van der Waals surface area contributed by atoms with E-state index in [9.17, 15) is 4.79 Å². The summed E-state index contributed by atoms with van der Waals surface area (Å²) >= 11 is 3.44. The fourth-order valence-electron chi connectivity index (χ4n) is 1.71. The van der Waals surface area contributed by atoms with Crippen LogP contribution in [0.25, 0.3) is 10.9 Å². The van der Waals surface area contributed by atoms with E-state index in [-0.39, 0.29) is 12.5 Å². The number of amides is 1. The Hall–Kier alpha value is -1.62. The van der Waals surface area contributed by atoms with Gasteiger partial charge in [0.25, 0.3) is 0 Å². The van der Waals surface area contributed by atoms with Crippen LogP contribution in [-0.4, -0.2) is 24.0 Å². The Kier molecular flexibility index (Phi) is 4.15. The minimum absolute atomic E-state index is 0.0162. The van der Waals surface area contributed by atoms with Gasteiger partial charge in [-0.05, 0) is 31.2 Å². The van der Waals surface area contributed by atoms with E-state index in [1.807, 2.05) is 31.2 Å². The van der Waals surface area contributed by atoms with Crippen molar-refractivity contribution in [2.24, 2.45) is 0 Å². The van der Waals surface area contributed by atoms with Gasteiger partial charge in [-0.1, -0.05) is 15.9 Å². The molecular formula is C13H14BrN3O. The number of nitrogens with zero attached hydrogens (tertiary/aromatic N) is 1. The first kappa shape index (κ1) is 12.8. The first-order valence-electron chi connectivity index (χ1n) is 5.75. The second kappa shape index (κ2) is 5.82. The van der Waals surface area contributed by atoms with Gasteiger partial charge in [0.1, 0.15) is 0 Å². The average Bonchev–Trinajstić information content (AvgIpc) is 2.36. The minimum atomic E-state index is -0.0162. The van der Waals surface area contributed by atoms with Crippen molar-refractivity contribution < 1.29 is 4.79 Å². The molecule has 2 rings (SSSR count). The Bertz CT molecular complexity index is 571. The maximum absolute atomic E-state index is 11.4. The predicted molar refractivity (Wildman–Crippen MR) is 76.6 cm³/mol. The van der Waals surface area contributed by atoms with Gasteiger partial charge in [-0.2, -0.15) is 0 Å². The van der Waals surface area contributed by atoms with E-state index in [2.05, 4.69) is 31.5 Å². The van der Waals surface area contributed by atoms with E-state index >= 15 is 0 Å². The summed E-state index contributed by atoms with van der Waals surface area (Å²) in [5, 5.41) is 6.87. The van der Waals surface area contributed by atoms with Crippen LogP contribution in [0.1, 0.15) is 6.92 Å². The van der Waals surface area contributed by atoms with Crippen LogP contribution in [0.2, 0.25) is 0 Å². The monoisotopic (exact) mass is 307 g/mol. The Morgan fingerprint density at radius 1 is 1.39 bits per heavy atom. The first-order chi connectivity index (χ1) is 8.70. The van der Waals surface area contributed by atoms with E-state index < -0.39 is 0 Å². The molecule has 4 nitrogen and oxygen atoms in total. The van der Waals surface area contributed by atoms with E-state index in [1.54, 1.807) is 6.20 Å². The second-order valence-electron chi connectivity index (χ2n) is 3.83. The molecule has 0 radical (unpaired) electrons. The number of nitrogens with one attached hydrogen (secondary N) is 2. The van der Waals surface area contributed by atoms with Crippen LogP contribution in [0, 0.1) is 0 Å². The van der Waals surface area contributed by atoms with E-state index in [0.717, 1.165) is 21.1 Å². The molecule has 1 amide bonds. The zero-order chi connectivity index (χ0) is 13.0. The van der Waals surface area contributed by atoms with E-state index in [0.29, 0.717) is 6.54 Å². The lowest BCUT2D eigenvalue weighted by molar-refractivity contribution is -0.119. The van der Waals surface area contributed by atoms with Crippen molar-refractivity contribution >= 4 is 38.4 Å². The molecule has 0 spiro atoms. The zero-order valence-corrected chi connectivity index (χ0v) is 11.6. The Labute approximate surface area is 114 Å². The van der Waals surface area contributed by atoms with Gasteiger partial charge < -0.3 is 10.6 Å². The van der Waals surface area contributed by atoms with Gasteiger partial charge in [0, 0.05) is 28.3 Å². The molecule has 1 aromatic carbocycles. The molecule has 0 atom stereocenters. The first-order valence-corrected chi connectivity index (χ1v) is 6.55. The molecule has 0 aliphatic heterocycles. The smallest absolute Gasteiger partial charge is 0.239 e. The maximum atomic E-state index is 11.4. The molecule has 1 heterocycles. The number of hydrogen-bond acceptors (Lipinski definition) is 3. The molecular weight excluding hydrogens is 294 g/mol. The number of aromatic nitrogens is 1. The lowest BCUT2D eigenvalue weighted by Crippen LogP contribution is -2.29. The second-order valence-corrected chi connectivity index (χ2v) is 4.74. The van der Waals surface area contributed by atoms with Crippen molar-refractivity contribution in [3.05, 3.63) is 34.9 Å². The van der Waals surface area contributed by atoms with Crippen LogP contribution in [0.15, 0.2) is 34.9 Å². The predicted octanol–water partition coefficient (Wildman–Crippen LogP) is 2.55. The van der Waals surface area contributed by atoms with Gasteiger partial charge in [-0.25, -0.2) is 0 Å². The summed E-state index contributed by atoms with van der Waals surface area (Å²) in [5.74, 6) is -0.0162. The molecule has 1 aromatic heterocycles. The van der Waals surface area contributed by atoms with Crippen molar-refractivity contribution in [3.63, 3.8) is 0 Å². The SMILES string of the molecule is CCNC(=O)CNc1ccnc2ccc(Br)cc12. The third-order valence-corrected chi connectivity index (χ3v) is 3.01. The lowest BCUT2D eigenvalue weighted by atomic mass is 10.2. The number of pyridine rings is 1. The van der Waals surface area contributed by atoms with Crippen LogP contribution in [0.4, 0.5) is 5.69 Å². The Balaban J connectivity index is 2.22. The van der Waals surface area contributed by atoms with Gasteiger partial charge in [0.2, 0.25) is 5.91 Å². The fourth-order valence-corrected chi connectivity index (χ4v) is 2.07. The van der Waals surface area contributed by atoms with Crippen LogP contribution in [-0.2, 0) is 4.79 Å². The van der Waals surface area contributed by atoms with Crippen LogP contribution >= 0.6 is 15.9 Å². The minimum Gasteiger partial charge on any atom is -0.376 e. The van der Waals surface area contributed by atoms with Crippen LogP contribution in [0.5, 0.6) is 0 Å². The molecule has 0 unspecified atom stereocenters. The van der Waals surface area contributed by atoms with Crippen molar-refractivity contribution in [3.8, 4) is 0 Å². The van der Waals surface area contributed by atoms with Crippen molar-refractivity contribution in [1.29, 1.82) is 0 Å². The molecule has 5 heteroatoms. The summed E-state index contributed by atoms with van der Waals surface area (Å²) in [6, 6.07) is 7.75. The van der Waals surface area contributed by atoms with Crippen LogP contribution in [0.3, 0.4) is 0 Å². The summed E-state index contributed by atoms with van der Waals surface area (Å²) in [7, 11) is 0. The molecule has 18 heavy (non-hydrogen) atoms. The number of rotatable bonds is 4. The summed E-state index contributed by atoms with van der Waals surface area (Å²) in [4.78, 5) is 15.7. The largest absolute Gasteiger partial charge is 0.376 e. The summed E-state index contributed by atoms with van der Waals surface area (Å²) in [6.07, 6.45) is 1.73. The molecule has 0 saturated carbocycles. The van der Waals surface area contributed by atoms with Gasteiger partial charge in [-0.3, -0.25) is 9.78 Å². The highest BCUT2D eigenvalue weighted by atomic mass is 79.9. The Morgan fingerprint density at radius 3 is 3.00 bits per heavy atom. The number of fused-ring (bicyclic) bond motifs is 1. The topological polar surface area (TPSA) is 54.0 Å². The normalized spacial score (nSPS) is 10.3. The average molecular weight is 308 g/mol. The van der Waals surface area contributed by atoms with Crippen molar-refractivity contribution in [2.45, 2.75) is 6.92 Å². The number of carbonyl (C=O) groups is 1. The number of benzene rings is 1. The van der Waals surface area contributed by atoms with Gasteiger partial charge >= 0.3 is 0 Å². The number of hydrogen-bond donors (Lipinski definition) is 2. The van der Waals surface area contributed by atoms with Gasteiger partial charge in [0.05, 0.1) is 12.1 Å². The number of halogens is 1. The van der Waals surface area contributed by atoms with E-state index in [4.69, 9.17) is 0 Å². The Morgan fingerprint density at radius 2 is 2.22 bits per heavy atom. The lowest BCUT2D eigenvalue weighted by Gasteiger charge is -2.09. The standard InChI is InChI=1S/C13H14BrN3O/c1-2-15-13(18)8-17-12-5-6-16-11-4-3-9(14)7-10(11)12/h3-7H,2,8H2,1H3,(H,15,18)(H,16,17). The van der Waals surface area contributed by atoms with Crippen molar-refractivity contribution in [1.82, 2.24) is 10.3 Å². The highest BCUT2D eigenvalue weighted by Gasteiger charge is 2.04. The number of carbonyl (C=O) groups excluding carboxylic acids is 1. The van der Waals surface area contributed by atoms with Gasteiger partial charge in [-0.15, -0.1) is 0 Å². The highest BCUT2D eigenvalue weighted by molar-refractivity contribution is 9.10. The summed E-state index contributed by atoms with van der Waals surface area (Å²) in [5.41, 5.74) is 1.81. The fraction of sp³-hybridized carbons (Fsp3) is 0.231. The quantitative estimate of drug-likeness (QED) is 0.912. The highest BCUT2D eigenvalue weighted by Crippen LogP contribution is 2.24. The summed E-state index contributed by atoms with van der Waals surface area (Å²) < 4.78 is 0.990. The molecule has 2 aromatic rings. The molecule has 0 bridgehead atoms. The summed E-state index contributed by atoms with van der Waals surface area (Å²) in [6.45, 7) is 2.81. The zero-order valence-electron chi connectivity index (χ0n) is 10.0. The van der Waals surface area contributed by atoms with Crippen LogP contribution < -0.4 is 10.6 Å². The molecule has 2 N–H and O–H groups in total. The molecule has 0 aliphatic rings.